The van der Waals surface area contributed by atoms with E-state index in [9.17, 15) is 13.2 Å². The summed E-state index contributed by atoms with van der Waals surface area (Å²) < 4.78 is 36.1. The Hall–Kier alpha value is -2.39. The summed E-state index contributed by atoms with van der Waals surface area (Å²) in [7, 11) is -3.67. The molecule has 0 fully saturated rings. The van der Waals surface area contributed by atoms with Gasteiger partial charge in [-0.15, -0.1) is 11.8 Å². The SMILES string of the molecule is CCSc1ccccc1NC(=O)CN(c1ccc2c(c1)OCO2)S(C)(=O)=O. The van der Waals surface area contributed by atoms with Crippen LogP contribution in [0.25, 0.3) is 0 Å². The topological polar surface area (TPSA) is 84.9 Å². The molecule has 9 heteroatoms. The molecule has 2 aromatic rings. The molecule has 1 heterocycles. The Bertz CT molecular complexity index is 947. The lowest BCUT2D eigenvalue weighted by Gasteiger charge is -2.22. The van der Waals surface area contributed by atoms with E-state index in [1.54, 1.807) is 36.0 Å². The molecule has 1 amide bonds. The fraction of sp³-hybridized carbons (Fsp3) is 0.278. The Labute approximate surface area is 162 Å². The van der Waals surface area contributed by atoms with Gasteiger partial charge in [0.25, 0.3) is 0 Å². The van der Waals surface area contributed by atoms with Gasteiger partial charge in [0.15, 0.2) is 11.5 Å². The van der Waals surface area contributed by atoms with Crippen molar-refractivity contribution in [3.63, 3.8) is 0 Å². The molecule has 27 heavy (non-hydrogen) atoms. The number of rotatable bonds is 7. The van der Waals surface area contributed by atoms with Gasteiger partial charge in [-0.05, 0) is 30.0 Å². The van der Waals surface area contributed by atoms with E-state index < -0.39 is 15.9 Å². The Morgan fingerprint density at radius 2 is 1.93 bits per heavy atom. The minimum absolute atomic E-state index is 0.0873. The predicted molar refractivity (Wildman–Crippen MR) is 106 cm³/mol. The van der Waals surface area contributed by atoms with Gasteiger partial charge < -0.3 is 14.8 Å². The molecule has 1 N–H and O–H groups in total. The first kappa shape index (κ1) is 19.4. The summed E-state index contributed by atoms with van der Waals surface area (Å²) >= 11 is 1.60. The Morgan fingerprint density at radius 1 is 1.19 bits per heavy atom. The zero-order valence-corrected chi connectivity index (χ0v) is 16.6. The third-order valence-electron chi connectivity index (χ3n) is 3.79. The second-order valence-corrected chi connectivity index (χ2v) is 9.00. The van der Waals surface area contributed by atoms with Crippen LogP contribution in [0, 0.1) is 0 Å². The van der Waals surface area contributed by atoms with Crippen molar-refractivity contribution in [3.05, 3.63) is 42.5 Å². The minimum atomic E-state index is -3.67. The van der Waals surface area contributed by atoms with E-state index in [1.165, 1.54) is 0 Å². The number of carbonyl (C=O) groups is 1. The number of nitrogens with one attached hydrogen (secondary N) is 1. The second kappa shape index (κ2) is 8.10. The van der Waals surface area contributed by atoms with E-state index in [1.807, 2.05) is 25.1 Å². The van der Waals surface area contributed by atoms with E-state index in [0.29, 0.717) is 22.9 Å². The molecule has 7 nitrogen and oxygen atoms in total. The number of nitrogens with zero attached hydrogens (tertiary/aromatic N) is 1. The number of hydrogen-bond donors (Lipinski definition) is 1. The number of thioether (sulfide) groups is 1. The van der Waals surface area contributed by atoms with Crippen molar-refractivity contribution in [2.45, 2.75) is 11.8 Å². The lowest BCUT2D eigenvalue weighted by Crippen LogP contribution is -2.37. The van der Waals surface area contributed by atoms with Crippen molar-refractivity contribution >= 4 is 39.1 Å². The minimum Gasteiger partial charge on any atom is -0.454 e. The highest BCUT2D eigenvalue weighted by Crippen LogP contribution is 2.36. The molecule has 3 rings (SSSR count). The molecule has 0 unspecified atom stereocenters. The van der Waals surface area contributed by atoms with E-state index in [-0.39, 0.29) is 13.3 Å². The number of carbonyl (C=O) groups excluding carboxylic acids is 1. The van der Waals surface area contributed by atoms with Crippen molar-refractivity contribution in [1.29, 1.82) is 0 Å². The normalized spacial score (nSPS) is 12.7. The Kier molecular flexibility index (Phi) is 5.81. The summed E-state index contributed by atoms with van der Waals surface area (Å²) in [5.74, 6) is 1.43. The zero-order valence-electron chi connectivity index (χ0n) is 15.0. The van der Waals surface area contributed by atoms with Gasteiger partial charge in [0.2, 0.25) is 22.7 Å². The smallest absolute Gasteiger partial charge is 0.245 e. The number of para-hydroxylation sites is 1. The average Bonchev–Trinajstić information content (AvgIpc) is 3.08. The van der Waals surface area contributed by atoms with Gasteiger partial charge in [-0.2, -0.15) is 0 Å². The molecule has 2 aromatic carbocycles. The average molecular weight is 409 g/mol. The van der Waals surface area contributed by atoms with Crippen molar-refractivity contribution in [3.8, 4) is 11.5 Å². The summed E-state index contributed by atoms with van der Waals surface area (Å²) in [6.45, 7) is 1.77. The third-order valence-corrected chi connectivity index (χ3v) is 5.89. The molecule has 0 aromatic heterocycles. The molecular weight excluding hydrogens is 388 g/mol. The number of fused-ring (bicyclic) bond motifs is 1. The van der Waals surface area contributed by atoms with Crippen LogP contribution in [0.4, 0.5) is 11.4 Å². The van der Waals surface area contributed by atoms with E-state index in [2.05, 4.69) is 5.32 Å². The quantitative estimate of drug-likeness (QED) is 0.709. The van der Waals surface area contributed by atoms with Crippen LogP contribution in [-0.2, 0) is 14.8 Å². The highest BCUT2D eigenvalue weighted by Gasteiger charge is 2.24. The fourth-order valence-electron chi connectivity index (χ4n) is 2.61. The summed E-state index contributed by atoms with van der Waals surface area (Å²) in [6, 6.07) is 12.2. The standard InChI is InChI=1S/C18H20N2O5S2/c1-3-26-17-7-5-4-6-14(17)19-18(21)11-20(27(2,22)23)13-8-9-15-16(10-13)25-12-24-15/h4-10H,3,11-12H2,1-2H3,(H,19,21). The highest BCUT2D eigenvalue weighted by atomic mass is 32.2. The van der Waals surface area contributed by atoms with Gasteiger partial charge >= 0.3 is 0 Å². The van der Waals surface area contributed by atoms with Crippen LogP contribution in [0.3, 0.4) is 0 Å². The largest absolute Gasteiger partial charge is 0.454 e. The lowest BCUT2D eigenvalue weighted by molar-refractivity contribution is -0.114. The van der Waals surface area contributed by atoms with Gasteiger partial charge in [-0.3, -0.25) is 9.10 Å². The number of ether oxygens (including phenoxy) is 2. The molecule has 144 valence electrons. The van der Waals surface area contributed by atoms with Crippen LogP contribution >= 0.6 is 11.8 Å². The Morgan fingerprint density at radius 3 is 2.67 bits per heavy atom. The monoisotopic (exact) mass is 408 g/mol. The van der Waals surface area contributed by atoms with Crippen LogP contribution in [0.1, 0.15) is 6.92 Å². The molecule has 0 aliphatic carbocycles. The third kappa shape index (κ3) is 4.67. The molecule has 0 bridgehead atoms. The maximum Gasteiger partial charge on any atom is 0.245 e. The second-order valence-electron chi connectivity index (χ2n) is 5.78. The molecule has 0 saturated carbocycles. The fourth-order valence-corrected chi connectivity index (χ4v) is 4.22. The highest BCUT2D eigenvalue weighted by molar-refractivity contribution is 7.99. The summed E-state index contributed by atoms with van der Waals surface area (Å²) in [4.78, 5) is 13.5. The number of amides is 1. The number of anilines is 2. The van der Waals surface area contributed by atoms with Crippen molar-refractivity contribution in [2.24, 2.45) is 0 Å². The zero-order chi connectivity index (χ0) is 19.4. The summed E-state index contributed by atoms with van der Waals surface area (Å²) in [5, 5.41) is 2.80. The van der Waals surface area contributed by atoms with E-state index in [0.717, 1.165) is 21.2 Å². The molecular formula is C18H20N2O5S2. The van der Waals surface area contributed by atoms with Gasteiger partial charge in [0, 0.05) is 11.0 Å². The van der Waals surface area contributed by atoms with Gasteiger partial charge in [0.1, 0.15) is 6.54 Å². The first-order valence-corrected chi connectivity index (χ1v) is 11.1. The number of sulfonamides is 1. The summed E-state index contributed by atoms with van der Waals surface area (Å²) in [5.41, 5.74) is 1.00. The van der Waals surface area contributed by atoms with Gasteiger partial charge in [-0.1, -0.05) is 19.1 Å². The first-order chi connectivity index (χ1) is 12.9. The number of hydrogen-bond acceptors (Lipinski definition) is 6. The maximum absolute atomic E-state index is 12.6. The number of benzene rings is 2. The van der Waals surface area contributed by atoms with Gasteiger partial charge in [0.05, 0.1) is 17.6 Å². The first-order valence-electron chi connectivity index (χ1n) is 8.27. The van der Waals surface area contributed by atoms with Crippen molar-refractivity contribution in [2.75, 3.05) is 35.0 Å². The predicted octanol–water partition coefficient (Wildman–Crippen LogP) is 2.93. The van der Waals surface area contributed by atoms with E-state index >= 15 is 0 Å². The summed E-state index contributed by atoms with van der Waals surface area (Å²) in [6.07, 6.45) is 1.06. The molecule has 0 radical (unpaired) electrons. The van der Waals surface area contributed by atoms with Crippen LogP contribution in [0.15, 0.2) is 47.4 Å². The van der Waals surface area contributed by atoms with Crippen LogP contribution in [0.5, 0.6) is 11.5 Å². The molecule has 0 saturated heterocycles. The lowest BCUT2D eigenvalue weighted by atomic mass is 10.2. The van der Waals surface area contributed by atoms with Crippen molar-refractivity contribution in [1.82, 2.24) is 0 Å². The van der Waals surface area contributed by atoms with Gasteiger partial charge in [-0.25, -0.2) is 8.42 Å². The maximum atomic E-state index is 12.6. The van der Waals surface area contributed by atoms with Crippen LogP contribution < -0.4 is 19.1 Å². The molecule has 1 aliphatic heterocycles. The van der Waals surface area contributed by atoms with Crippen LogP contribution in [0.2, 0.25) is 0 Å². The Balaban J connectivity index is 1.81. The molecule has 1 aliphatic rings. The molecule has 0 spiro atoms. The van der Waals surface area contributed by atoms with Crippen LogP contribution in [-0.4, -0.2) is 39.7 Å². The van der Waals surface area contributed by atoms with E-state index in [4.69, 9.17) is 9.47 Å². The molecule has 0 atom stereocenters. The van der Waals surface area contributed by atoms with Crippen molar-refractivity contribution < 1.29 is 22.7 Å².